The van der Waals surface area contributed by atoms with Gasteiger partial charge in [0.15, 0.2) is 0 Å². The fraction of sp³-hybridized carbons (Fsp3) is 0.231. The number of nitrogens with zero attached hydrogens (tertiary/aromatic N) is 2. The molecule has 0 atom stereocenters. The molecule has 4 heteroatoms. The SMILES string of the molecule is Nc1ccc(OCCCc2ccncc2)cn1. The summed E-state index contributed by atoms with van der Waals surface area (Å²) in [4.78, 5) is 7.94. The molecule has 0 amide bonds. The van der Waals surface area contributed by atoms with Crippen LogP contribution < -0.4 is 10.5 Å². The van der Waals surface area contributed by atoms with Gasteiger partial charge in [0.25, 0.3) is 0 Å². The first-order valence-electron chi connectivity index (χ1n) is 5.58. The molecule has 2 aromatic heterocycles. The maximum atomic E-state index is 5.55. The van der Waals surface area contributed by atoms with E-state index in [9.17, 15) is 0 Å². The highest BCUT2D eigenvalue weighted by molar-refractivity contribution is 5.32. The Labute approximate surface area is 100 Å². The summed E-state index contributed by atoms with van der Waals surface area (Å²) in [5, 5.41) is 0. The van der Waals surface area contributed by atoms with Gasteiger partial charge in [-0.2, -0.15) is 0 Å². The molecule has 2 rings (SSSR count). The van der Waals surface area contributed by atoms with Gasteiger partial charge in [0.05, 0.1) is 12.8 Å². The lowest BCUT2D eigenvalue weighted by molar-refractivity contribution is 0.310. The Kier molecular flexibility index (Phi) is 3.91. The van der Waals surface area contributed by atoms with Crippen LogP contribution in [0.3, 0.4) is 0 Å². The predicted octanol–water partition coefficient (Wildman–Crippen LogP) is 2.07. The van der Waals surface area contributed by atoms with Crippen molar-refractivity contribution in [3.05, 3.63) is 48.4 Å². The summed E-state index contributed by atoms with van der Waals surface area (Å²) in [5.74, 6) is 1.27. The molecular formula is C13H15N3O. The number of pyridine rings is 2. The number of aromatic nitrogens is 2. The van der Waals surface area contributed by atoms with Gasteiger partial charge in [0.2, 0.25) is 0 Å². The molecule has 0 aliphatic heterocycles. The van der Waals surface area contributed by atoms with Crippen LogP contribution in [0.1, 0.15) is 12.0 Å². The van der Waals surface area contributed by atoms with Crippen molar-refractivity contribution in [3.63, 3.8) is 0 Å². The molecule has 0 saturated heterocycles. The first-order chi connectivity index (χ1) is 8.34. The van der Waals surface area contributed by atoms with E-state index in [1.807, 2.05) is 18.2 Å². The molecule has 2 heterocycles. The van der Waals surface area contributed by atoms with Crippen molar-refractivity contribution in [3.8, 4) is 5.75 Å². The predicted molar refractivity (Wildman–Crippen MR) is 66.7 cm³/mol. The maximum absolute atomic E-state index is 5.55. The molecule has 0 unspecified atom stereocenters. The van der Waals surface area contributed by atoms with E-state index >= 15 is 0 Å². The minimum atomic E-state index is 0.508. The lowest BCUT2D eigenvalue weighted by Crippen LogP contribution is -2.00. The lowest BCUT2D eigenvalue weighted by atomic mass is 10.1. The first kappa shape index (κ1) is 11.4. The van der Waals surface area contributed by atoms with Crippen molar-refractivity contribution in [2.75, 3.05) is 12.3 Å². The van der Waals surface area contributed by atoms with Gasteiger partial charge >= 0.3 is 0 Å². The number of hydrogen-bond acceptors (Lipinski definition) is 4. The van der Waals surface area contributed by atoms with Gasteiger partial charge in [-0.3, -0.25) is 4.98 Å². The minimum absolute atomic E-state index is 0.508. The summed E-state index contributed by atoms with van der Waals surface area (Å²) in [7, 11) is 0. The maximum Gasteiger partial charge on any atom is 0.137 e. The van der Waals surface area contributed by atoms with Gasteiger partial charge in [-0.25, -0.2) is 4.98 Å². The Morgan fingerprint density at radius 1 is 1.12 bits per heavy atom. The second-order valence-corrected chi connectivity index (χ2v) is 3.73. The molecule has 4 nitrogen and oxygen atoms in total. The van der Waals surface area contributed by atoms with Crippen LogP contribution >= 0.6 is 0 Å². The van der Waals surface area contributed by atoms with Gasteiger partial charge < -0.3 is 10.5 Å². The number of anilines is 1. The summed E-state index contributed by atoms with van der Waals surface area (Å²) in [6.45, 7) is 0.675. The number of nitrogens with two attached hydrogens (primary N) is 1. The first-order valence-corrected chi connectivity index (χ1v) is 5.58. The standard InChI is InChI=1S/C13H15N3O/c14-13-4-3-12(10-16-13)17-9-1-2-11-5-7-15-8-6-11/h3-8,10H,1-2,9H2,(H2,14,16). The van der Waals surface area contributed by atoms with Gasteiger partial charge in [-0.15, -0.1) is 0 Å². The lowest BCUT2D eigenvalue weighted by Gasteiger charge is -2.05. The van der Waals surface area contributed by atoms with E-state index < -0.39 is 0 Å². The number of nitrogen functional groups attached to an aromatic ring is 1. The molecule has 88 valence electrons. The summed E-state index contributed by atoms with van der Waals surface area (Å²) in [6.07, 6.45) is 7.21. The zero-order valence-electron chi connectivity index (χ0n) is 9.54. The molecule has 0 bridgehead atoms. The normalized spacial score (nSPS) is 10.1. The molecule has 2 aromatic rings. The molecule has 0 radical (unpaired) electrons. The number of hydrogen-bond donors (Lipinski definition) is 1. The Bertz CT molecular complexity index is 442. The Morgan fingerprint density at radius 2 is 1.94 bits per heavy atom. The van der Waals surface area contributed by atoms with Crippen molar-refractivity contribution in [1.29, 1.82) is 0 Å². The Morgan fingerprint density at radius 3 is 2.65 bits per heavy atom. The molecule has 0 aliphatic carbocycles. The molecule has 2 N–H and O–H groups in total. The topological polar surface area (TPSA) is 61.0 Å². The monoisotopic (exact) mass is 229 g/mol. The van der Waals surface area contributed by atoms with Crippen LogP contribution in [0.25, 0.3) is 0 Å². The fourth-order valence-corrected chi connectivity index (χ4v) is 1.49. The Balaban J connectivity index is 1.71. The van der Waals surface area contributed by atoms with Gasteiger partial charge in [0, 0.05) is 12.4 Å². The molecular weight excluding hydrogens is 214 g/mol. The highest BCUT2D eigenvalue weighted by Gasteiger charge is 1.95. The van der Waals surface area contributed by atoms with Crippen LogP contribution in [0, 0.1) is 0 Å². The smallest absolute Gasteiger partial charge is 0.137 e. The zero-order valence-corrected chi connectivity index (χ0v) is 9.54. The quantitative estimate of drug-likeness (QED) is 0.797. The van der Waals surface area contributed by atoms with Crippen LogP contribution in [-0.2, 0) is 6.42 Å². The molecule has 0 spiro atoms. The summed E-state index contributed by atoms with van der Waals surface area (Å²) < 4.78 is 5.55. The van der Waals surface area contributed by atoms with E-state index in [4.69, 9.17) is 10.5 Å². The van der Waals surface area contributed by atoms with E-state index in [1.165, 1.54) is 5.56 Å². The Hall–Kier alpha value is -2.10. The van der Waals surface area contributed by atoms with Crippen LogP contribution in [0.15, 0.2) is 42.9 Å². The molecule has 17 heavy (non-hydrogen) atoms. The summed E-state index contributed by atoms with van der Waals surface area (Å²) in [6, 6.07) is 7.60. The van der Waals surface area contributed by atoms with Crippen molar-refractivity contribution in [1.82, 2.24) is 9.97 Å². The third-order valence-corrected chi connectivity index (χ3v) is 2.39. The highest BCUT2D eigenvalue weighted by atomic mass is 16.5. The van der Waals surface area contributed by atoms with E-state index in [0.717, 1.165) is 18.6 Å². The van der Waals surface area contributed by atoms with Gasteiger partial charge in [-0.1, -0.05) is 0 Å². The van der Waals surface area contributed by atoms with E-state index in [2.05, 4.69) is 9.97 Å². The minimum Gasteiger partial charge on any atom is -0.492 e. The van der Waals surface area contributed by atoms with Gasteiger partial charge in [0.1, 0.15) is 11.6 Å². The molecule has 0 saturated carbocycles. The van der Waals surface area contributed by atoms with Crippen molar-refractivity contribution in [2.24, 2.45) is 0 Å². The summed E-state index contributed by atoms with van der Waals surface area (Å²) >= 11 is 0. The third kappa shape index (κ3) is 3.75. The number of rotatable bonds is 5. The average molecular weight is 229 g/mol. The largest absolute Gasteiger partial charge is 0.492 e. The zero-order chi connectivity index (χ0) is 11.9. The van der Waals surface area contributed by atoms with Crippen molar-refractivity contribution >= 4 is 5.82 Å². The third-order valence-electron chi connectivity index (χ3n) is 2.39. The number of aryl methyl sites for hydroxylation is 1. The number of ether oxygens (including phenoxy) is 1. The fourth-order valence-electron chi connectivity index (χ4n) is 1.49. The summed E-state index contributed by atoms with van der Waals surface area (Å²) in [5.41, 5.74) is 6.76. The van der Waals surface area contributed by atoms with Crippen LogP contribution in [0.4, 0.5) is 5.82 Å². The van der Waals surface area contributed by atoms with Crippen molar-refractivity contribution in [2.45, 2.75) is 12.8 Å². The van der Waals surface area contributed by atoms with Crippen LogP contribution in [0.2, 0.25) is 0 Å². The van der Waals surface area contributed by atoms with E-state index in [-0.39, 0.29) is 0 Å². The second kappa shape index (κ2) is 5.84. The second-order valence-electron chi connectivity index (χ2n) is 3.73. The average Bonchev–Trinajstić information content (AvgIpc) is 2.38. The van der Waals surface area contributed by atoms with Crippen LogP contribution in [-0.4, -0.2) is 16.6 Å². The molecule has 0 aromatic carbocycles. The molecule has 0 aliphatic rings. The van der Waals surface area contributed by atoms with E-state index in [1.54, 1.807) is 24.7 Å². The van der Waals surface area contributed by atoms with Gasteiger partial charge in [-0.05, 0) is 42.7 Å². The van der Waals surface area contributed by atoms with Crippen molar-refractivity contribution < 1.29 is 4.74 Å². The van der Waals surface area contributed by atoms with E-state index in [0.29, 0.717) is 12.4 Å². The highest BCUT2D eigenvalue weighted by Crippen LogP contribution is 2.10. The van der Waals surface area contributed by atoms with Crippen LogP contribution in [0.5, 0.6) is 5.75 Å². The molecule has 0 fully saturated rings.